The van der Waals surface area contributed by atoms with Gasteiger partial charge in [-0.2, -0.15) is 0 Å². The van der Waals surface area contributed by atoms with Gasteiger partial charge in [0.25, 0.3) is 0 Å². The number of ether oxygens (including phenoxy) is 3. The van der Waals surface area contributed by atoms with E-state index >= 15 is 0 Å². The number of unbranched alkanes of at least 4 members (excludes halogenated alkanes) is 1. The molecule has 0 radical (unpaired) electrons. The van der Waals surface area contributed by atoms with Gasteiger partial charge in [-0.25, -0.2) is 0 Å². The van der Waals surface area contributed by atoms with Crippen LogP contribution in [0, 0.1) is 16.7 Å². The van der Waals surface area contributed by atoms with Crippen LogP contribution in [0.5, 0.6) is 0 Å². The third-order valence-corrected chi connectivity index (χ3v) is 6.27. The van der Waals surface area contributed by atoms with Gasteiger partial charge in [-0.1, -0.05) is 34.1 Å². The number of hydrogen-bond donors (Lipinski definition) is 0. The summed E-state index contributed by atoms with van der Waals surface area (Å²) in [7, 11) is 0. The Labute approximate surface area is 130 Å². The largest absolute Gasteiger partial charge is 0.379 e. The van der Waals surface area contributed by atoms with Crippen molar-refractivity contribution in [1.82, 2.24) is 0 Å². The van der Waals surface area contributed by atoms with E-state index in [2.05, 4.69) is 27.7 Å². The molecular formula is C18H34O3. The molecule has 21 heavy (non-hydrogen) atoms. The first-order valence-corrected chi connectivity index (χ1v) is 8.79. The van der Waals surface area contributed by atoms with E-state index in [1.807, 2.05) is 0 Å². The third-order valence-electron chi connectivity index (χ3n) is 6.27. The van der Waals surface area contributed by atoms with Gasteiger partial charge in [-0.05, 0) is 42.4 Å². The van der Waals surface area contributed by atoms with Gasteiger partial charge < -0.3 is 14.2 Å². The molecule has 0 amide bonds. The van der Waals surface area contributed by atoms with Crippen LogP contribution in [0.2, 0.25) is 0 Å². The molecule has 124 valence electrons. The summed E-state index contributed by atoms with van der Waals surface area (Å²) in [5, 5.41) is 0. The van der Waals surface area contributed by atoms with E-state index in [9.17, 15) is 0 Å². The minimum Gasteiger partial charge on any atom is -0.379 e. The highest BCUT2D eigenvalue weighted by Crippen LogP contribution is 2.66. The van der Waals surface area contributed by atoms with Gasteiger partial charge in [0, 0.05) is 6.61 Å². The summed E-state index contributed by atoms with van der Waals surface area (Å²) < 4.78 is 17.2. The Bertz CT molecular complexity index is 316. The van der Waals surface area contributed by atoms with Crippen LogP contribution < -0.4 is 0 Å². The monoisotopic (exact) mass is 298 g/mol. The van der Waals surface area contributed by atoms with Crippen LogP contribution in [-0.4, -0.2) is 39.1 Å². The molecule has 2 bridgehead atoms. The first kappa shape index (κ1) is 17.2. The van der Waals surface area contributed by atoms with Crippen molar-refractivity contribution in [3.8, 4) is 0 Å². The topological polar surface area (TPSA) is 27.7 Å². The molecule has 2 aliphatic carbocycles. The zero-order chi connectivity index (χ0) is 15.3. The lowest BCUT2D eigenvalue weighted by Gasteiger charge is -2.38. The van der Waals surface area contributed by atoms with Crippen LogP contribution in [-0.2, 0) is 14.2 Å². The summed E-state index contributed by atoms with van der Waals surface area (Å²) >= 11 is 0. The predicted octanol–water partition coefficient (Wildman–Crippen LogP) is 4.05. The van der Waals surface area contributed by atoms with E-state index < -0.39 is 0 Å². The molecule has 0 heterocycles. The highest BCUT2D eigenvalue weighted by atomic mass is 16.5. The van der Waals surface area contributed by atoms with Gasteiger partial charge in [0.05, 0.1) is 32.5 Å². The fraction of sp³-hybridized carbons (Fsp3) is 1.00. The van der Waals surface area contributed by atoms with Crippen LogP contribution in [0.15, 0.2) is 0 Å². The van der Waals surface area contributed by atoms with Gasteiger partial charge in [0.1, 0.15) is 0 Å². The van der Waals surface area contributed by atoms with Crippen molar-refractivity contribution in [1.29, 1.82) is 0 Å². The molecule has 0 unspecified atom stereocenters. The fourth-order valence-corrected chi connectivity index (χ4v) is 4.20. The molecule has 3 heteroatoms. The molecule has 2 fully saturated rings. The minimum atomic E-state index is 0.362. The van der Waals surface area contributed by atoms with Crippen molar-refractivity contribution in [2.24, 2.45) is 16.7 Å². The maximum absolute atomic E-state index is 6.15. The maximum atomic E-state index is 6.15. The molecule has 0 aromatic rings. The Morgan fingerprint density at radius 2 is 1.62 bits per heavy atom. The summed E-state index contributed by atoms with van der Waals surface area (Å²) in [6.45, 7) is 13.1. The van der Waals surface area contributed by atoms with Crippen LogP contribution in [0.3, 0.4) is 0 Å². The van der Waals surface area contributed by atoms with E-state index in [0.717, 1.165) is 25.6 Å². The molecule has 0 N–H and O–H groups in total. The average Bonchev–Trinajstić information content (AvgIpc) is 2.78. The maximum Gasteiger partial charge on any atom is 0.0704 e. The van der Waals surface area contributed by atoms with Crippen molar-refractivity contribution in [3.05, 3.63) is 0 Å². The first-order valence-electron chi connectivity index (χ1n) is 8.79. The van der Waals surface area contributed by atoms with E-state index in [4.69, 9.17) is 14.2 Å². The minimum absolute atomic E-state index is 0.362. The Morgan fingerprint density at radius 3 is 2.19 bits per heavy atom. The Hall–Kier alpha value is -0.120. The summed E-state index contributed by atoms with van der Waals surface area (Å²) in [5.74, 6) is 0.848. The summed E-state index contributed by atoms with van der Waals surface area (Å²) in [6.07, 6.45) is 6.70. The molecule has 2 saturated carbocycles. The number of rotatable bonds is 10. The normalized spacial score (nSPS) is 33.7. The molecule has 0 saturated heterocycles. The molecule has 0 aromatic carbocycles. The highest BCUT2D eigenvalue weighted by molar-refractivity contribution is 5.11. The smallest absolute Gasteiger partial charge is 0.0704 e. The summed E-state index contributed by atoms with van der Waals surface area (Å²) in [6, 6.07) is 0. The predicted molar refractivity (Wildman–Crippen MR) is 85.5 cm³/mol. The second-order valence-corrected chi connectivity index (χ2v) is 7.55. The van der Waals surface area contributed by atoms with Gasteiger partial charge in [-0.3, -0.25) is 0 Å². The molecule has 2 rings (SSSR count). The van der Waals surface area contributed by atoms with E-state index in [0.29, 0.717) is 36.8 Å². The van der Waals surface area contributed by atoms with Crippen molar-refractivity contribution in [2.75, 3.05) is 33.0 Å². The van der Waals surface area contributed by atoms with Crippen molar-refractivity contribution < 1.29 is 14.2 Å². The van der Waals surface area contributed by atoms with Gasteiger partial charge in [-0.15, -0.1) is 0 Å². The van der Waals surface area contributed by atoms with Crippen LogP contribution >= 0.6 is 0 Å². The van der Waals surface area contributed by atoms with Crippen molar-refractivity contribution in [3.63, 3.8) is 0 Å². The number of fused-ring (bicyclic) bond motifs is 2. The molecule has 0 aromatic heterocycles. The molecule has 2 aliphatic rings. The van der Waals surface area contributed by atoms with Crippen LogP contribution in [0.1, 0.15) is 59.8 Å². The second kappa shape index (κ2) is 7.43. The van der Waals surface area contributed by atoms with Crippen molar-refractivity contribution in [2.45, 2.75) is 65.9 Å². The van der Waals surface area contributed by atoms with Gasteiger partial charge >= 0.3 is 0 Å². The molecule has 3 atom stereocenters. The fourth-order valence-electron chi connectivity index (χ4n) is 4.20. The first-order chi connectivity index (χ1) is 10.0. The highest BCUT2D eigenvalue weighted by Gasteiger charge is 2.61. The van der Waals surface area contributed by atoms with Crippen LogP contribution in [0.4, 0.5) is 0 Å². The van der Waals surface area contributed by atoms with Gasteiger partial charge in [0.15, 0.2) is 0 Å². The summed E-state index contributed by atoms with van der Waals surface area (Å²) in [4.78, 5) is 0. The Morgan fingerprint density at radius 1 is 0.952 bits per heavy atom. The SMILES string of the molecule is CCCCOCCOCCO[C@H]1C[C@H]2CC[C@@]1(C)C2(C)C. The number of hydrogen-bond acceptors (Lipinski definition) is 3. The lowest BCUT2D eigenvalue weighted by molar-refractivity contribution is -0.0680. The second-order valence-electron chi connectivity index (χ2n) is 7.55. The Kier molecular flexibility index (Phi) is 6.10. The quantitative estimate of drug-likeness (QED) is 0.569. The zero-order valence-electron chi connectivity index (χ0n) is 14.5. The standard InChI is InChI=1S/C18H34O3/c1-5-6-9-19-10-11-20-12-13-21-16-14-15-7-8-18(16,4)17(15,2)3/h15-16H,5-14H2,1-4H3/t15-,16+,18-/m1/s1. The summed E-state index contributed by atoms with van der Waals surface area (Å²) in [5.41, 5.74) is 0.798. The molecular weight excluding hydrogens is 264 g/mol. The van der Waals surface area contributed by atoms with E-state index in [1.54, 1.807) is 0 Å². The average molecular weight is 298 g/mol. The Balaban J connectivity index is 1.54. The lowest BCUT2D eigenvalue weighted by atomic mass is 9.70. The van der Waals surface area contributed by atoms with E-state index in [-0.39, 0.29) is 0 Å². The molecule has 0 spiro atoms. The van der Waals surface area contributed by atoms with Crippen LogP contribution in [0.25, 0.3) is 0 Å². The molecule has 0 aliphatic heterocycles. The molecule has 3 nitrogen and oxygen atoms in total. The van der Waals surface area contributed by atoms with Gasteiger partial charge in [0.2, 0.25) is 0 Å². The lowest BCUT2D eigenvalue weighted by Crippen LogP contribution is -2.37. The zero-order valence-corrected chi connectivity index (χ0v) is 14.5. The van der Waals surface area contributed by atoms with E-state index in [1.165, 1.54) is 25.7 Å². The third kappa shape index (κ3) is 3.62. The van der Waals surface area contributed by atoms with Crippen molar-refractivity contribution >= 4 is 0 Å².